The molecule has 4 rings (SSSR count). The van der Waals surface area contributed by atoms with Crippen molar-refractivity contribution in [3.63, 3.8) is 0 Å². The number of aliphatic hydroxyl groups excluding tert-OH is 2. The highest BCUT2D eigenvalue weighted by Crippen LogP contribution is 2.43. The van der Waals surface area contributed by atoms with Gasteiger partial charge in [0.2, 0.25) is 0 Å². The molecule has 1 aliphatic heterocycles. The van der Waals surface area contributed by atoms with Crippen LogP contribution < -0.4 is 5.73 Å². The Morgan fingerprint density at radius 1 is 1.36 bits per heavy atom. The van der Waals surface area contributed by atoms with E-state index in [-0.39, 0.29) is 16.4 Å². The number of halogens is 2. The number of hydrogen-bond donors (Lipinski definition) is 4. The summed E-state index contributed by atoms with van der Waals surface area (Å²) in [7, 11) is 0. The molecule has 1 aromatic carbocycles. The van der Waals surface area contributed by atoms with Gasteiger partial charge < -0.3 is 30.4 Å². The fraction of sp³-hybridized carbons (Fsp3) is 0.333. The summed E-state index contributed by atoms with van der Waals surface area (Å²) >= 11 is 5.79. The Morgan fingerprint density at radius 2 is 2.11 bits per heavy atom. The molecule has 8 nitrogen and oxygen atoms in total. The summed E-state index contributed by atoms with van der Waals surface area (Å²) < 4.78 is 20.8. The summed E-state index contributed by atoms with van der Waals surface area (Å²) in [4.78, 5) is 8.07. The maximum Gasteiger partial charge on any atom is 0.164 e. The predicted octanol–water partition coefficient (Wildman–Crippen LogP) is 1.55. The molecule has 10 heteroatoms. The highest BCUT2D eigenvalue weighted by molar-refractivity contribution is 6.30. The molecule has 3 heterocycles. The normalized spacial score (nSPS) is 28.7. The lowest BCUT2D eigenvalue weighted by Crippen LogP contribution is -2.47. The largest absolute Gasteiger partial charge is 0.386 e. The van der Waals surface area contributed by atoms with Crippen LogP contribution in [0.3, 0.4) is 0 Å². The molecule has 0 aliphatic carbocycles. The Morgan fingerprint density at radius 3 is 2.82 bits per heavy atom. The molecule has 0 bridgehead atoms. The van der Waals surface area contributed by atoms with Gasteiger partial charge >= 0.3 is 0 Å². The van der Waals surface area contributed by atoms with E-state index >= 15 is 0 Å². The summed E-state index contributed by atoms with van der Waals surface area (Å²) in [6, 6.07) is 5.36. The number of fused-ring (bicyclic) bond motifs is 1. The monoisotopic (exact) mass is 408 g/mol. The van der Waals surface area contributed by atoms with Crippen LogP contribution in [0.5, 0.6) is 0 Å². The van der Waals surface area contributed by atoms with Gasteiger partial charge in [0.15, 0.2) is 6.23 Å². The molecule has 0 spiro atoms. The summed E-state index contributed by atoms with van der Waals surface area (Å²) in [6.07, 6.45) is -2.14. The second-order valence-corrected chi connectivity index (χ2v) is 7.36. The van der Waals surface area contributed by atoms with E-state index in [2.05, 4.69) is 9.97 Å². The minimum absolute atomic E-state index is 0.171. The molecule has 5 N–H and O–H groups in total. The van der Waals surface area contributed by atoms with Crippen molar-refractivity contribution in [3.05, 3.63) is 53.2 Å². The van der Waals surface area contributed by atoms with Crippen molar-refractivity contribution in [2.45, 2.75) is 37.1 Å². The predicted molar refractivity (Wildman–Crippen MR) is 98.9 cm³/mol. The molecule has 0 saturated carbocycles. The number of aliphatic hydroxyl groups is 3. The van der Waals surface area contributed by atoms with E-state index in [0.29, 0.717) is 11.0 Å². The molecule has 1 unspecified atom stereocenters. The first-order valence-electron chi connectivity index (χ1n) is 8.47. The van der Waals surface area contributed by atoms with Crippen molar-refractivity contribution in [2.75, 3.05) is 5.73 Å². The van der Waals surface area contributed by atoms with Crippen LogP contribution in [-0.4, -0.2) is 47.7 Å². The molecule has 28 heavy (non-hydrogen) atoms. The summed E-state index contributed by atoms with van der Waals surface area (Å²) in [6.45, 7) is 1.35. The second kappa shape index (κ2) is 6.64. The number of nitrogens with two attached hydrogens (primary N) is 1. The molecule has 1 fully saturated rings. The number of aromatic nitrogens is 3. The van der Waals surface area contributed by atoms with Crippen LogP contribution in [0.1, 0.15) is 24.8 Å². The van der Waals surface area contributed by atoms with E-state index in [1.165, 1.54) is 30.0 Å². The maximum absolute atomic E-state index is 13.4. The van der Waals surface area contributed by atoms with Crippen molar-refractivity contribution in [1.82, 2.24) is 14.5 Å². The van der Waals surface area contributed by atoms with Gasteiger partial charge in [0.05, 0.1) is 10.4 Å². The SMILES string of the molecule is C[C@@]1(O)[C@@H](C(O)c2ccc(F)c(Cl)c2)O[C@@H](n2ccc3c(N)ncnc32)[C@@H]1O. The topological polar surface area (TPSA) is 127 Å². The third-order valence-electron chi connectivity index (χ3n) is 5.12. The molecule has 2 aromatic heterocycles. The average molecular weight is 409 g/mol. The number of ether oxygens (including phenoxy) is 1. The van der Waals surface area contributed by atoms with Crippen molar-refractivity contribution in [3.8, 4) is 0 Å². The lowest BCUT2D eigenvalue weighted by molar-refractivity contribution is -0.115. The van der Waals surface area contributed by atoms with Gasteiger partial charge in [-0.25, -0.2) is 14.4 Å². The van der Waals surface area contributed by atoms with Crippen LogP contribution in [-0.2, 0) is 4.74 Å². The zero-order valence-corrected chi connectivity index (χ0v) is 15.5. The Hall–Kier alpha value is -2.30. The number of benzene rings is 1. The van der Waals surface area contributed by atoms with Crippen LogP contribution in [0.4, 0.5) is 10.2 Å². The van der Waals surface area contributed by atoms with Gasteiger partial charge in [-0.3, -0.25) is 0 Å². The fourth-order valence-electron chi connectivity index (χ4n) is 3.50. The highest BCUT2D eigenvalue weighted by atomic mass is 35.5. The van der Waals surface area contributed by atoms with E-state index in [1.807, 2.05) is 0 Å². The van der Waals surface area contributed by atoms with Gasteiger partial charge in [-0.15, -0.1) is 0 Å². The van der Waals surface area contributed by atoms with E-state index in [0.717, 1.165) is 6.07 Å². The molecule has 148 valence electrons. The van der Waals surface area contributed by atoms with Gasteiger partial charge in [0.1, 0.15) is 47.5 Å². The average Bonchev–Trinajstić information content (AvgIpc) is 3.17. The lowest BCUT2D eigenvalue weighted by atomic mass is 9.88. The van der Waals surface area contributed by atoms with Crippen molar-refractivity contribution in [2.24, 2.45) is 0 Å². The zero-order chi connectivity index (χ0) is 20.2. The molecule has 5 atom stereocenters. The Bertz CT molecular complexity index is 1040. The summed E-state index contributed by atoms with van der Waals surface area (Å²) in [5.74, 6) is -0.369. The maximum atomic E-state index is 13.4. The molecule has 1 saturated heterocycles. The minimum atomic E-state index is -1.82. The minimum Gasteiger partial charge on any atom is -0.386 e. The first-order chi connectivity index (χ1) is 13.2. The zero-order valence-electron chi connectivity index (χ0n) is 14.7. The number of hydrogen-bond acceptors (Lipinski definition) is 7. The second-order valence-electron chi connectivity index (χ2n) is 6.96. The third kappa shape index (κ3) is 2.83. The first kappa shape index (κ1) is 19.0. The van der Waals surface area contributed by atoms with Crippen LogP contribution in [0.25, 0.3) is 11.0 Å². The van der Waals surface area contributed by atoms with Crippen LogP contribution in [0.2, 0.25) is 5.02 Å². The Labute approximate surface area is 164 Å². The van der Waals surface area contributed by atoms with Gasteiger partial charge in [-0.05, 0) is 30.7 Å². The molecule has 0 amide bonds. The fourth-order valence-corrected chi connectivity index (χ4v) is 3.69. The van der Waals surface area contributed by atoms with E-state index < -0.39 is 36.0 Å². The standard InChI is InChI=1S/C18H18ClFN4O4/c1-18(27)13(26)17(24-5-4-9-15(21)22-7-23-16(9)24)28-14(18)12(25)8-2-3-11(20)10(19)6-8/h2-7,12-14,17,25-27H,1H3,(H2,21,22,23)/t12?,13-,14+,17+,18-/m0/s1. The van der Waals surface area contributed by atoms with Crippen LogP contribution >= 0.6 is 11.6 Å². The third-order valence-corrected chi connectivity index (χ3v) is 5.41. The van der Waals surface area contributed by atoms with Gasteiger partial charge in [-0.2, -0.15) is 0 Å². The van der Waals surface area contributed by atoms with Crippen LogP contribution in [0, 0.1) is 5.82 Å². The van der Waals surface area contributed by atoms with Gasteiger partial charge in [0, 0.05) is 6.20 Å². The summed E-state index contributed by atoms with van der Waals surface area (Å²) in [5, 5.41) is 32.7. The van der Waals surface area contributed by atoms with Crippen molar-refractivity contribution in [1.29, 1.82) is 0 Å². The Balaban J connectivity index is 1.71. The molecular weight excluding hydrogens is 391 g/mol. The van der Waals surface area contributed by atoms with Crippen molar-refractivity contribution < 1.29 is 24.4 Å². The number of anilines is 1. The van der Waals surface area contributed by atoms with E-state index in [1.54, 1.807) is 12.3 Å². The number of nitrogens with zero attached hydrogens (tertiary/aromatic N) is 3. The Kier molecular flexibility index (Phi) is 4.52. The van der Waals surface area contributed by atoms with Crippen molar-refractivity contribution >= 4 is 28.5 Å². The van der Waals surface area contributed by atoms with Gasteiger partial charge in [-0.1, -0.05) is 17.7 Å². The van der Waals surface area contributed by atoms with Crippen LogP contribution in [0.15, 0.2) is 36.8 Å². The summed E-state index contributed by atoms with van der Waals surface area (Å²) in [5.41, 5.74) is 4.67. The lowest BCUT2D eigenvalue weighted by Gasteiger charge is -2.29. The number of rotatable bonds is 3. The quantitative estimate of drug-likeness (QED) is 0.517. The van der Waals surface area contributed by atoms with Gasteiger partial charge in [0.25, 0.3) is 0 Å². The molecule has 3 aromatic rings. The smallest absolute Gasteiger partial charge is 0.164 e. The van der Waals surface area contributed by atoms with E-state index in [4.69, 9.17) is 22.1 Å². The first-order valence-corrected chi connectivity index (χ1v) is 8.85. The number of nitrogen functional groups attached to an aromatic ring is 1. The molecule has 0 radical (unpaired) electrons. The molecule has 1 aliphatic rings. The van der Waals surface area contributed by atoms with E-state index in [9.17, 15) is 19.7 Å². The highest BCUT2D eigenvalue weighted by Gasteiger charge is 2.55. The molecular formula is C18H18ClFN4O4.